The zero-order chi connectivity index (χ0) is 11.9. The maximum atomic E-state index is 4.51. The van der Waals surface area contributed by atoms with E-state index >= 15 is 0 Å². The van der Waals surface area contributed by atoms with E-state index in [1.165, 1.54) is 17.9 Å². The van der Waals surface area contributed by atoms with E-state index in [0.29, 0.717) is 0 Å². The summed E-state index contributed by atoms with van der Waals surface area (Å²) in [6.07, 6.45) is 5.03. The molecule has 1 fully saturated rings. The summed E-state index contributed by atoms with van der Waals surface area (Å²) in [5, 5.41) is 3.25. The van der Waals surface area contributed by atoms with Gasteiger partial charge < -0.3 is 10.2 Å². The van der Waals surface area contributed by atoms with Gasteiger partial charge in [-0.1, -0.05) is 6.92 Å². The molecule has 1 aliphatic heterocycles. The maximum Gasteiger partial charge on any atom is 0.147 e. The number of hydrogen-bond acceptors (Lipinski definition) is 5. The average Bonchev–Trinajstić information content (AvgIpc) is 2.66. The summed E-state index contributed by atoms with van der Waals surface area (Å²) < 4.78 is 0. The van der Waals surface area contributed by atoms with Crippen LogP contribution in [-0.4, -0.2) is 41.1 Å². The van der Waals surface area contributed by atoms with Gasteiger partial charge in [-0.2, -0.15) is 11.8 Å². The minimum atomic E-state index is 0.805. The highest BCUT2D eigenvalue weighted by Gasteiger charge is 2.11. The van der Waals surface area contributed by atoms with Crippen LogP contribution >= 0.6 is 11.8 Å². The number of thioether (sulfide) groups is 1. The second-order valence-electron chi connectivity index (χ2n) is 4.10. The van der Waals surface area contributed by atoms with Crippen LogP contribution in [0.3, 0.4) is 0 Å². The average molecular weight is 252 g/mol. The molecule has 2 heterocycles. The summed E-state index contributed by atoms with van der Waals surface area (Å²) in [6.45, 7) is 6.06. The normalized spacial score (nSPS) is 16.9. The third-order valence-corrected chi connectivity index (χ3v) is 3.84. The molecule has 1 aliphatic rings. The summed E-state index contributed by atoms with van der Waals surface area (Å²) in [5.41, 5.74) is 1.01. The molecule has 0 amide bonds. The number of anilines is 1. The molecule has 94 valence electrons. The summed E-state index contributed by atoms with van der Waals surface area (Å²) in [7, 11) is 0. The highest BCUT2D eigenvalue weighted by Crippen LogP contribution is 2.15. The second kappa shape index (κ2) is 6.81. The van der Waals surface area contributed by atoms with Gasteiger partial charge in [0.05, 0.1) is 18.1 Å². The first-order valence-electron chi connectivity index (χ1n) is 6.24. The predicted octanol–water partition coefficient (Wildman–Crippen LogP) is 1.53. The molecule has 0 spiro atoms. The summed E-state index contributed by atoms with van der Waals surface area (Å²) >= 11 is 2.03. The summed E-state index contributed by atoms with van der Waals surface area (Å²) in [5.74, 6) is 3.48. The number of hydrogen-bond donors (Lipinski definition) is 1. The lowest BCUT2D eigenvalue weighted by Gasteiger charge is -2.20. The SMILES string of the molecule is CCNCc1cnc(N2CCCSCC2)cn1. The molecular weight excluding hydrogens is 232 g/mol. The van der Waals surface area contributed by atoms with Gasteiger partial charge in [0.15, 0.2) is 0 Å². The van der Waals surface area contributed by atoms with Crippen LogP contribution in [0, 0.1) is 0 Å². The van der Waals surface area contributed by atoms with E-state index < -0.39 is 0 Å². The monoisotopic (exact) mass is 252 g/mol. The van der Waals surface area contributed by atoms with E-state index in [1.807, 2.05) is 24.2 Å². The van der Waals surface area contributed by atoms with Crippen molar-refractivity contribution in [3.05, 3.63) is 18.1 Å². The Hall–Kier alpha value is -0.810. The Morgan fingerprint density at radius 1 is 1.29 bits per heavy atom. The number of nitrogens with one attached hydrogen (secondary N) is 1. The molecule has 0 aromatic carbocycles. The first-order valence-corrected chi connectivity index (χ1v) is 7.40. The zero-order valence-electron chi connectivity index (χ0n) is 10.4. The number of rotatable bonds is 4. The van der Waals surface area contributed by atoms with Crippen LogP contribution in [0.25, 0.3) is 0 Å². The minimum Gasteiger partial charge on any atom is -0.354 e. The summed E-state index contributed by atoms with van der Waals surface area (Å²) in [4.78, 5) is 11.3. The fourth-order valence-corrected chi connectivity index (χ4v) is 2.72. The Balaban J connectivity index is 1.96. The van der Waals surface area contributed by atoms with Gasteiger partial charge in [0, 0.05) is 25.4 Å². The minimum absolute atomic E-state index is 0.805. The Morgan fingerprint density at radius 3 is 3.00 bits per heavy atom. The molecule has 0 saturated carbocycles. The van der Waals surface area contributed by atoms with Crippen LogP contribution in [0.4, 0.5) is 5.82 Å². The van der Waals surface area contributed by atoms with Crippen LogP contribution in [0.5, 0.6) is 0 Å². The van der Waals surface area contributed by atoms with Gasteiger partial charge in [-0.05, 0) is 18.7 Å². The van der Waals surface area contributed by atoms with Crippen molar-refractivity contribution in [1.82, 2.24) is 15.3 Å². The molecule has 4 nitrogen and oxygen atoms in total. The maximum absolute atomic E-state index is 4.51. The first kappa shape index (κ1) is 12.6. The lowest BCUT2D eigenvalue weighted by atomic mass is 10.4. The molecule has 1 saturated heterocycles. The van der Waals surface area contributed by atoms with Crippen LogP contribution in [0.1, 0.15) is 19.0 Å². The van der Waals surface area contributed by atoms with Crippen LogP contribution < -0.4 is 10.2 Å². The van der Waals surface area contributed by atoms with E-state index in [2.05, 4.69) is 27.1 Å². The molecule has 17 heavy (non-hydrogen) atoms. The molecule has 0 bridgehead atoms. The van der Waals surface area contributed by atoms with E-state index in [4.69, 9.17) is 0 Å². The van der Waals surface area contributed by atoms with Gasteiger partial charge in [-0.15, -0.1) is 0 Å². The zero-order valence-corrected chi connectivity index (χ0v) is 11.2. The van der Waals surface area contributed by atoms with Gasteiger partial charge >= 0.3 is 0 Å². The topological polar surface area (TPSA) is 41.1 Å². The van der Waals surface area contributed by atoms with Crippen molar-refractivity contribution in [1.29, 1.82) is 0 Å². The molecule has 1 N–H and O–H groups in total. The highest BCUT2D eigenvalue weighted by atomic mass is 32.2. The molecule has 0 unspecified atom stereocenters. The Morgan fingerprint density at radius 2 is 2.24 bits per heavy atom. The van der Waals surface area contributed by atoms with Crippen molar-refractivity contribution in [2.24, 2.45) is 0 Å². The quantitative estimate of drug-likeness (QED) is 0.880. The van der Waals surface area contributed by atoms with Gasteiger partial charge in [-0.25, -0.2) is 4.98 Å². The van der Waals surface area contributed by atoms with Gasteiger partial charge in [0.25, 0.3) is 0 Å². The van der Waals surface area contributed by atoms with E-state index in [0.717, 1.165) is 37.7 Å². The van der Waals surface area contributed by atoms with Crippen LogP contribution in [0.2, 0.25) is 0 Å². The third kappa shape index (κ3) is 3.85. The molecule has 0 aliphatic carbocycles. The van der Waals surface area contributed by atoms with Crippen molar-refractivity contribution in [3.8, 4) is 0 Å². The fraction of sp³-hybridized carbons (Fsp3) is 0.667. The summed E-state index contributed by atoms with van der Waals surface area (Å²) in [6, 6.07) is 0. The van der Waals surface area contributed by atoms with Crippen molar-refractivity contribution in [2.45, 2.75) is 19.9 Å². The van der Waals surface area contributed by atoms with E-state index in [1.54, 1.807) is 0 Å². The molecular formula is C12H20N4S. The Bertz CT molecular complexity index is 320. The van der Waals surface area contributed by atoms with Crippen molar-refractivity contribution < 1.29 is 0 Å². The number of aromatic nitrogens is 2. The first-order chi connectivity index (χ1) is 8.40. The van der Waals surface area contributed by atoms with Gasteiger partial charge in [0.1, 0.15) is 5.82 Å². The Labute approximate surface area is 107 Å². The lowest BCUT2D eigenvalue weighted by Crippen LogP contribution is -2.26. The van der Waals surface area contributed by atoms with Crippen LogP contribution in [0.15, 0.2) is 12.4 Å². The number of nitrogens with zero attached hydrogens (tertiary/aromatic N) is 3. The van der Waals surface area contributed by atoms with Crippen LogP contribution in [-0.2, 0) is 6.54 Å². The predicted molar refractivity (Wildman–Crippen MR) is 73.6 cm³/mol. The molecule has 1 aromatic heterocycles. The van der Waals surface area contributed by atoms with Crippen molar-refractivity contribution in [2.75, 3.05) is 36.0 Å². The Kier molecular flexibility index (Phi) is 5.07. The molecule has 5 heteroatoms. The van der Waals surface area contributed by atoms with E-state index in [9.17, 15) is 0 Å². The van der Waals surface area contributed by atoms with Crippen molar-refractivity contribution in [3.63, 3.8) is 0 Å². The molecule has 1 aromatic rings. The fourth-order valence-electron chi connectivity index (χ4n) is 1.83. The second-order valence-corrected chi connectivity index (χ2v) is 5.32. The molecule has 2 rings (SSSR count). The van der Waals surface area contributed by atoms with Gasteiger partial charge in [0.2, 0.25) is 0 Å². The van der Waals surface area contributed by atoms with Crippen molar-refractivity contribution >= 4 is 17.6 Å². The lowest BCUT2D eigenvalue weighted by molar-refractivity contribution is 0.704. The van der Waals surface area contributed by atoms with Gasteiger partial charge in [-0.3, -0.25) is 4.98 Å². The largest absolute Gasteiger partial charge is 0.354 e. The third-order valence-electron chi connectivity index (χ3n) is 2.79. The molecule has 0 atom stereocenters. The van der Waals surface area contributed by atoms with E-state index in [-0.39, 0.29) is 0 Å². The smallest absolute Gasteiger partial charge is 0.147 e. The molecule has 0 radical (unpaired) electrons. The standard InChI is InChI=1S/C12H20N4S/c1-2-13-8-11-9-15-12(10-14-11)16-4-3-6-17-7-5-16/h9-10,13H,2-8H2,1H3. The highest BCUT2D eigenvalue weighted by molar-refractivity contribution is 7.99.